The molecule has 21 heavy (non-hydrogen) atoms. The van der Waals surface area contributed by atoms with Gasteiger partial charge in [0.25, 0.3) is 0 Å². The lowest BCUT2D eigenvalue weighted by Gasteiger charge is -2.25. The first kappa shape index (κ1) is 17.7. The van der Waals surface area contributed by atoms with E-state index in [4.69, 9.17) is 6.42 Å². The van der Waals surface area contributed by atoms with E-state index >= 15 is 0 Å². The first-order valence-electron chi connectivity index (χ1n) is 7.05. The van der Waals surface area contributed by atoms with Crippen LogP contribution in [0.15, 0.2) is 24.3 Å². The average molecular weight is 308 g/mol. The first-order chi connectivity index (χ1) is 9.89. The average Bonchev–Trinajstić information content (AvgIpc) is 2.45. The molecule has 4 nitrogen and oxygen atoms in total. The molecule has 0 amide bonds. The van der Waals surface area contributed by atoms with E-state index < -0.39 is 10.0 Å². The number of hydrogen-bond acceptors (Lipinski definition) is 3. The molecular formula is C16H24N2O2S. The van der Waals surface area contributed by atoms with Crippen molar-refractivity contribution in [2.45, 2.75) is 25.8 Å². The van der Waals surface area contributed by atoms with Crippen LogP contribution in [0.2, 0.25) is 0 Å². The Balaban J connectivity index is 2.76. The molecule has 116 valence electrons. The Morgan fingerprint density at radius 1 is 1.29 bits per heavy atom. The van der Waals surface area contributed by atoms with E-state index in [0.29, 0.717) is 6.54 Å². The molecule has 1 rings (SSSR count). The Labute approximate surface area is 128 Å². The van der Waals surface area contributed by atoms with Crippen molar-refractivity contribution in [3.63, 3.8) is 0 Å². The lowest BCUT2D eigenvalue weighted by atomic mass is 10.0. The fourth-order valence-electron chi connectivity index (χ4n) is 2.05. The van der Waals surface area contributed by atoms with Crippen LogP contribution < -0.4 is 4.72 Å². The number of rotatable bonds is 8. The van der Waals surface area contributed by atoms with Gasteiger partial charge in [-0.05, 0) is 31.6 Å². The molecule has 1 atom stereocenters. The smallest absolute Gasteiger partial charge is 0.212 e. The maximum Gasteiger partial charge on any atom is 0.212 e. The molecule has 0 fully saturated rings. The van der Waals surface area contributed by atoms with E-state index in [0.717, 1.165) is 12.0 Å². The van der Waals surface area contributed by atoms with Gasteiger partial charge in [0, 0.05) is 19.0 Å². The summed E-state index contributed by atoms with van der Waals surface area (Å²) in [4.78, 5) is 2.00. The SMILES string of the molecule is C#CCCS(=O)(=O)NC[C@H](c1ccc(CC)cc1)N(C)C. The van der Waals surface area contributed by atoms with Gasteiger partial charge in [-0.15, -0.1) is 12.3 Å². The minimum Gasteiger partial charge on any atom is -0.301 e. The zero-order valence-corrected chi connectivity index (χ0v) is 13.8. The predicted octanol–water partition coefficient (Wildman–Crippen LogP) is 1.79. The summed E-state index contributed by atoms with van der Waals surface area (Å²) in [5.74, 6) is 2.32. The second kappa shape index (κ2) is 8.18. The van der Waals surface area contributed by atoms with E-state index in [1.807, 2.05) is 19.0 Å². The molecule has 0 spiro atoms. The quantitative estimate of drug-likeness (QED) is 0.745. The third kappa shape index (κ3) is 5.88. The molecule has 0 aliphatic rings. The van der Waals surface area contributed by atoms with Crippen molar-refractivity contribution in [3.05, 3.63) is 35.4 Å². The molecule has 0 aliphatic carbocycles. The fraction of sp³-hybridized carbons (Fsp3) is 0.500. The van der Waals surface area contributed by atoms with Crippen LogP contribution >= 0.6 is 0 Å². The summed E-state index contributed by atoms with van der Waals surface area (Å²) in [5, 5.41) is 0. The van der Waals surface area contributed by atoms with Gasteiger partial charge in [-0.2, -0.15) is 0 Å². The van der Waals surface area contributed by atoms with Crippen molar-refractivity contribution < 1.29 is 8.42 Å². The van der Waals surface area contributed by atoms with E-state index in [-0.39, 0.29) is 18.2 Å². The molecular weight excluding hydrogens is 284 g/mol. The lowest BCUT2D eigenvalue weighted by Crippen LogP contribution is -2.35. The molecule has 5 heteroatoms. The van der Waals surface area contributed by atoms with Crippen molar-refractivity contribution in [2.75, 3.05) is 26.4 Å². The van der Waals surface area contributed by atoms with Crippen molar-refractivity contribution in [2.24, 2.45) is 0 Å². The van der Waals surface area contributed by atoms with Gasteiger partial charge in [-0.25, -0.2) is 13.1 Å². The minimum atomic E-state index is -3.31. The van der Waals surface area contributed by atoms with Gasteiger partial charge in [-0.3, -0.25) is 0 Å². The van der Waals surface area contributed by atoms with Gasteiger partial charge in [0.15, 0.2) is 0 Å². The zero-order chi connectivity index (χ0) is 15.9. The first-order valence-corrected chi connectivity index (χ1v) is 8.71. The number of sulfonamides is 1. The normalized spacial score (nSPS) is 13.1. The van der Waals surface area contributed by atoms with E-state index in [1.54, 1.807) is 0 Å². The zero-order valence-electron chi connectivity index (χ0n) is 13.0. The highest BCUT2D eigenvalue weighted by atomic mass is 32.2. The summed E-state index contributed by atoms with van der Waals surface area (Å²) in [7, 11) is 0.565. The number of aryl methyl sites for hydroxylation is 1. The topological polar surface area (TPSA) is 49.4 Å². The largest absolute Gasteiger partial charge is 0.301 e. The Hall–Kier alpha value is -1.35. The van der Waals surface area contributed by atoms with Crippen LogP contribution in [0.4, 0.5) is 0 Å². The van der Waals surface area contributed by atoms with Gasteiger partial charge in [0.1, 0.15) is 0 Å². The van der Waals surface area contributed by atoms with Crippen molar-refractivity contribution >= 4 is 10.0 Å². The van der Waals surface area contributed by atoms with Crippen LogP contribution in [0.1, 0.15) is 30.5 Å². The second-order valence-electron chi connectivity index (χ2n) is 5.20. The van der Waals surface area contributed by atoms with Crippen LogP contribution in [0, 0.1) is 12.3 Å². The Kier molecular flexibility index (Phi) is 6.90. The molecule has 0 bridgehead atoms. The highest BCUT2D eigenvalue weighted by Crippen LogP contribution is 2.18. The monoisotopic (exact) mass is 308 g/mol. The standard InChI is InChI=1S/C16H24N2O2S/c1-5-7-12-21(19,20)17-13-16(18(3)4)15-10-8-14(6-2)9-11-15/h1,8-11,16-17H,6-7,12-13H2,2-4H3/t16-/m1/s1. The van der Waals surface area contributed by atoms with Crippen LogP contribution in [-0.4, -0.2) is 39.7 Å². The highest BCUT2D eigenvalue weighted by Gasteiger charge is 2.17. The molecule has 0 unspecified atom stereocenters. The minimum absolute atomic E-state index is 0.00323. The van der Waals surface area contributed by atoms with Crippen molar-refractivity contribution in [3.8, 4) is 12.3 Å². The summed E-state index contributed by atoms with van der Waals surface area (Å²) in [6.07, 6.45) is 6.33. The fourth-order valence-corrected chi connectivity index (χ4v) is 2.99. The van der Waals surface area contributed by atoms with Gasteiger partial charge in [0.2, 0.25) is 10.0 Å². The Bertz CT molecular complexity index is 571. The molecule has 0 saturated heterocycles. The van der Waals surface area contributed by atoms with Crippen LogP contribution in [0.5, 0.6) is 0 Å². The third-order valence-electron chi connectivity index (χ3n) is 3.41. The van der Waals surface area contributed by atoms with Crippen LogP contribution in [-0.2, 0) is 16.4 Å². The molecule has 1 N–H and O–H groups in total. The number of nitrogens with one attached hydrogen (secondary N) is 1. The van der Waals surface area contributed by atoms with Gasteiger partial charge >= 0.3 is 0 Å². The summed E-state index contributed by atoms with van der Waals surface area (Å²) in [6, 6.07) is 8.27. The number of likely N-dealkylation sites (N-methyl/N-ethyl adjacent to an activating group) is 1. The predicted molar refractivity (Wildman–Crippen MR) is 87.5 cm³/mol. The number of terminal acetylenes is 1. The van der Waals surface area contributed by atoms with E-state index in [2.05, 4.69) is 41.8 Å². The van der Waals surface area contributed by atoms with Gasteiger partial charge < -0.3 is 4.90 Å². The molecule has 0 heterocycles. The van der Waals surface area contributed by atoms with Gasteiger partial charge in [-0.1, -0.05) is 31.2 Å². The summed E-state index contributed by atoms with van der Waals surface area (Å²) in [6.45, 7) is 2.45. The molecule has 0 aliphatic heterocycles. The number of hydrogen-bond donors (Lipinski definition) is 1. The van der Waals surface area contributed by atoms with Crippen molar-refractivity contribution in [1.29, 1.82) is 0 Å². The van der Waals surface area contributed by atoms with Crippen LogP contribution in [0.25, 0.3) is 0 Å². The molecule has 0 aromatic heterocycles. The Morgan fingerprint density at radius 3 is 2.38 bits per heavy atom. The summed E-state index contributed by atoms with van der Waals surface area (Å²) >= 11 is 0. The summed E-state index contributed by atoms with van der Waals surface area (Å²) in [5.41, 5.74) is 2.36. The lowest BCUT2D eigenvalue weighted by molar-refractivity contribution is 0.299. The maximum absolute atomic E-state index is 11.8. The molecule has 1 aromatic carbocycles. The van der Waals surface area contributed by atoms with Gasteiger partial charge in [0.05, 0.1) is 5.75 Å². The van der Waals surface area contributed by atoms with E-state index in [9.17, 15) is 8.42 Å². The number of nitrogens with zero attached hydrogens (tertiary/aromatic N) is 1. The van der Waals surface area contributed by atoms with Crippen LogP contribution in [0.3, 0.4) is 0 Å². The molecule has 1 aromatic rings. The maximum atomic E-state index is 11.8. The number of benzene rings is 1. The van der Waals surface area contributed by atoms with E-state index in [1.165, 1.54) is 5.56 Å². The third-order valence-corrected chi connectivity index (χ3v) is 4.76. The molecule has 0 saturated carbocycles. The highest BCUT2D eigenvalue weighted by molar-refractivity contribution is 7.89. The second-order valence-corrected chi connectivity index (χ2v) is 7.12. The van der Waals surface area contributed by atoms with Crippen molar-refractivity contribution in [1.82, 2.24) is 9.62 Å². The Morgan fingerprint density at radius 2 is 1.90 bits per heavy atom. The molecule has 0 radical (unpaired) electrons. The summed E-state index contributed by atoms with van der Waals surface area (Å²) < 4.78 is 26.3.